The summed E-state index contributed by atoms with van der Waals surface area (Å²) in [5.41, 5.74) is 4.12. The molecule has 5 nitrogen and oxygen atoms in total. The summed E-state index contributed by atoms with van der Waals surface area (Å²) in [6.07, 6.45) is 1.77. The number of nitrogens with zero attached hydrogens (tertiary/aromatic N) is 2. The second-order valence-electron chi connectivity index (χ2n) is 8.28. The van der Waals surface area contributed by atoms with Gasteiger partial charge in [-0.15, -0.1) is 0 Å². The first kappa shape index (κ1) is 24.6. The Morgan fingerprint density at radius 2 is 1.62 bits per heavy atom. The van der Waals surface area contributed by atoms with Gasteiger partial charge in [-0.1, -0.05) is 83.9 Å². The molecule has 0 spiro atoms. The SMILES string of the molecule is COc1cc(/C=C2\C(=O)N(c3ccccc3)N=C2c2ccccc2)cc(Cl)c1OCc1cccc(Cl)c1. The van der Waals surface area contributed by atoms with Crippen LogP contribution in [0.5, 0.6) is 11.5 Å². The van der Waals surface area contributed by atoms with Crippen LogP contribution in [0.1, 0.15) is 16.7 Å². The van der Waals surface area contributed by atoms with Crippen LogP contribution < -0.4 is 14.5 Å². The van der Waals surface area contributed by atoms with E-state index in [9.17, 15) is 4.79 Å². The van der Waals surface area contributed by atoms with Crippen LogP contribution in [0.2, 0.25) is 10.0 Å². The lowest BCUT2D eigenvalue weighted by Gasteiger charge is -2.14. The third kappa shape index (κ3) is 5.38. The number of rotatable bonds is 7. The number of benzene rings is 4. The number of hydrogen-bond acceptors (Lipinski definition) is 4. The maximum absolute atomic E-state index is 13.5. The second kappa shape index (κ2) is 10.9. The molecule has 0 fully saturated rings. The van der Waals surface area contributed by atoms with Crippen molar-refractivity contribution < 1.29 is 14.3 Å². The van der Waals surface area contributed by atoms with E-state index >= 15 is 0 Å². The van der Waals surface area contributed by atoms with E-state index in [-0.39, 0.29) is 12.5 Å². The van der Waals surface area contributed by atoms with Gasteiger partial charge in [-0.25, -0.2) is 0 Å². The van der Waals surface area contributed by atoms with E-state index in [4.69, 9.17) is 32.7 Å². The molecule has 1 aliphatic heterocycles. The lowest BCUT2D eigenvalue weighted by atomic mass is 10.00. The molecule has 4 aromatic carbocycles. The molecule has 4 aromatic rings. The van der Waals surface area contributed by atoms with Crippen molar-refractivity contribution in [2.24, 2.45) is 5.10 Å². The number of ether oxygens (including phenoxy) is 2. The van der Waals surface area contributed by atoms with Crippen molar-refractivity contribution in [3.8, 4) is 11.5 Å². The number of carbonyl (C=O) groups excluding carboxylic acids is 1. The van der Waals surface area contributed by atoms with Crippen molar-refractivity contribution in [1.82, 2.24) is 0 Å². The van der Waals surface area contributed by atoms with Gasteiger partial charge < -0.3 is 9.47 Å². The number of anilines is 1. The summed E-state index contributed by atoms with van der Waals surface area (Å²) in [6.45, 7) is 0.270. The first-order chi connectivity index (χ1) is 18.0. The highest BCUT2D eigenvalue weighted by Gasteiger charge is 2.32. The molecular formula is C30H22Cl2N2O3. The van der Waals surface area contributed by atoms with E-state index in [1.54, 1.807) is 31.4 Å². The van der Waals surface area contributed by atoms with Crippen LogP contribution in [0, 0.1) is 0 Å². The van der Waals surface area contributed by atoms with Crippen molar-refractivity contribution in [1.29, 1.82) is 0 Å². The average Bonchev–Trinajstić information content (AvgIpc) is 3.24. The topological polar surface area (TPSA) is 51.1 Å². The Bertz CT molecular complexity index is 1500. The molecule has 1 amide bonds. The van der Waals surface area contributed by atoms with Gasteiger partial charge >= 0.3 is 0 Å². The van der Waals surface area contributed by atoms with Crippen LogP contribution in [-0.4, -0.2) is 18.7 Å². The van der Waals surface area contributed by atoms with E-state index in [1.165, 1.54) is 5.01 Å². The fraction of sp³-hybridized carbons (Fsp3) is 0.0667. The van der Waals surface area contributed by atoms with E-state index in [1.807, 2.05) is 78.9 Å². The summed E-state index contributed by atoms with van der Waals surface area (Å²) in [4.78, 5) is 13.5. The molecule has 1 heterocycles. The average molecular weight is 529 g/mol. The largest absolute Gasteiger partial charge is 0.493 e. The summed E-state index contributed by atoms with van der Waals surface area (Å²) >= 11 is 12.7. The molecule has 0 radical (unpaired) electrons. The van der Waals surface area contributed by atoms with Gasteiger partial charge in [0.25, 0.3) is 5.91 Å². The monoisotopic (exact) mass is 528 g/mol. The van der Waals surface area contributed by atoms with Gasteiger partial charge in [-0.3, -0.25) is 4.79 Å². The number of methoxy groups -OCH3 is 1. The van der Waals surface area contributed by atoms with Crippen molar-refractivity contribution >= 4 is 46.6 Å². The normalized spacial score (nSPS) is 14.1. The Labute approximate surface area is 225 Å². The predicted molar refractivity (Wildman–Crippen MR) is 149 cm³/mol. The summed E-state index contributed by atoms with van der Waals surface area (Å²) in [5, 5.41) is 7.07. The minimum Gasteiger partial charge on any atom is -0.493 e. The standard InChI is InChI=1S/C30H22Cl2N2O3/c1-36-27-18-21(17-26(32)29(27)37-19-20-9-8-12-23(31)15-20)16-25-28(22-10-4-2-5-11-22)33-34(30(25)35)24-13-6-3-7-14-24/h2-18H,19H2,1H3/b25-16-. The highest BCUT2D eigenvalue weighted by Crippen LogP contribution is 2.38. The van der Waals surface area contributed by atoms with Crippen molar-refractivity contribution in [3.63, 3.8) is 0 Å². The fourth-order valence-corrected chi connectivity index (χ4v) is 4.50. The fourth-order valence-electron chi connectivity index (χ4n) is 4.01. The number of hydrogen-bond donors (Lipinski definition) is 0. The van der Waals surface area contributed by atoms with Crippen molar-refractivity contribution in [2.45, 2.75) is 6.61 Å². The van der Waals surface area contributed by atoms with Gasteiger partial charge in [0.2, 0.25) is 0 Å². The first-order valence-corrected chi connectivity index (χ1v) is 12.3. The number of halogens is 2. The predicted octanol–water partition coefficient (Wildman–Crippen LogP) is 7.42. The van der Waals surface area contributed by atoms with Crippen LogP contribution in [-0.2, 0) is 11.4 Å². The quantitative estimate of drug-likeness (QED) is 0.234. The first-order valence-electron chi connectivity index (χ1n) is 11.5. The van der Waals surface area contributed by atoms with Crippen molar-refractivity contribution in [2.75, 3.05) is 12.1 Å². The van der Waals surface area contributed by atoms with Gasteiger partial charge in [0.05, 0.1) is 23.4 Å². The minimum absolute atomic E-state index is 0.235. The molecule has 0 unspecified atom stereocenters. The van der Waals surface area contributed by atoms with Gasteiger partial charge in [-0.2, -0.15) is 10.1 Å². The molecule has 0 saturated heterocycles. The van der Waals surface area contributed by atoms with Crippen LogP contribution in [0.15, 0.2) is 108 Å². The molecule has 0 saturated carbocycles. The number of para-hydroxylation sites is 1. The van der Waals surface area contributed by atoms with Gasteiger partial charge in [0, 0.05) is 10.6 Å². The number of carbonyl (C=O) groups is 1. The smallest absolute Gasteiger partial charge is 0.281 e. The lowest BCUT2D eigenvalue weighted by molar-refractivity contribution is -0.114. The Hall–Kier alpha value is -4.06. The Balaban J connectivity index is 1.50. The highest BCUT2D eigenvalue weighted by molar-refractivity contribution is 6.37. The highest BCUT2D eigenvalue weighted by atomic mass is 35.5. The second-order valence-corrected chi connectivity index (χ2v) is 9.12. The Morgan fingerprint density at radius 3 is 2.32 bits per heavy atom. The third-order valence-corrected chi connectivity index (χ3v) is 6.28. The molecule has 1 aliphatic rings. The summed E-state index contributed by atoms with van der Waals surface area (Å²) in [5.74, 6) is 0.623. The zero-order chi connectivity index (χ0) is 25.8. The molecule has 0 aromatic heterocycles. The summed E-state index contributed by atoms with van der Waals surface area (Å²) in [6, 6.07) is 29.9. The molecular weight excluding hydrogens is 507 g/mol. The van der Waals surface area contributed by atoms with E-state index in [0.717, 1.165) is 11.1 Å². The van der Waals surface area contributed by atoms with Gasteiger partial charge in [-0.05, 0) is 53.6 Å². The van der Waals surface area contributed by atoms with Crippen molar-refractivity contribution in [3.05, 3.63) is 129 Å². The molecule has 0 atom stereocenters. The maximum atomic E-state index is 13.5. The third-order valence-electron chi connectivity index (χ3n) is 5.76. The van der Waals surface area contributed by atoms with E-state index < -0.39 is 0 Å². The number of hydrazone groups is 1. The van der Waals surface area contributed by atoms with Crippen LogP contribution in [0.25, 0.3) is 6.08 Å². The molecule has 0 aliphatic carbocycles. The zero-order valence-electron chi connectivity index (χ0n) is 19.9. The lowest BCUT2D eigenvalue weighted by Crippen LogP contribution is -2.21. The van der Waals surface area contributed by atoms with E-state index in [0.29, 0.717) is 44.1 Å². The van der Waals surface area contributed by atoms with Crippen LogP contribution in [0.3, 0.4) is 0 Å². The van der Waals surface area contributed by atoms with Gasteiger partial charge in [0.1, 0.15) is 12.3 Å². The molecule has 0 bridgehead atoms. The Kier molecular flexibility index (Phi) is 7.26. The molecule has 184 valence electrons. The van der Waals surface area contributed by atoms with Gasteiger partial charge in [0.15, 0.2) is 11.5 Å². The maximum Gasteiger partial charge on any atom is 0.281 e. The van der Waals surface area contributed by atoms with E-state index in [2.05, 4.69) is 5.10 Å². The number of amides is 1. The Morgan fingerprint density at radius 1 is 0.892 bits per heavy atom. The zero-order valence-corrected chi connectivity index (χ0v) is 21.4. The molecule has 37 heavy (non-hydrogen) atoms. The molecule has 5 rings (SSSR count). The summed E-state index contributed by atoms with van der Waals surface area (Å²) < 4.78 is 11.6. The van der Waals surface area contributed by atoms with Crippen LogP contribution in [0.4, 0.5) is 5.69 Å². The summed E-state index contributed by atoms with van der Waals surface area (Å²) in [7, 11) is 1.55. The molecule has 7 heteroatoms. The molecule has 0 N–H and O–H groups in total. The minimum atomic E-state index is -0.235. The van der Waals surface area contributed by atoms with Crippen LogP contribution >= 0.6 is 23.2 Å².